The summed E-state index contributed by atoms with van der Waals surface area (Å²) in [7, 11) is -3.22. The Kier molecular flexibility index (Phi) is 5.10. The Hall–Kier alpha value is -3.51. The highest BCUT2D eigenvalue weighted by Crippen LogP contribution is 2.26. The van der Waals surface area contributed by atoms with E-state index in [4.69, 9.17) is 0 Å². The zero-order valence-electron chi connectivity index (χ0n) is 16.6. The lowest BCUT2D eigenvalue weighted by Crippen LogP contribution is -2.13. The molecule has 4 aromatic rings. The first-order valence-corrected chi connectivity index (χ1v) is 11.3. The molecule has 4 rings (SSSR count). The van der Waals surface area contributed by atoms with Gasteiger partial charge in [-0.2, -0.15) is 0 Å². The summed E-state index contributed by atoms with van der Waals surface area (Å²) in [6.45, 7) is 1.94. The Labute approximate surface area is 175 Å². The zero-order chi connectivity index (χ0) is 21.3. The standard InChI is InChI=1S/C24H20N2O3S/c1-16-4-3-5-20(14-16)24(27)26-23-13-9-19-15-18(8-12-22(19)25-23)17-6-10-21(11-7-17)30(2,28)29/h3-15H,1-2H3,(H,25,26,27). The quantitative estimate of drug-likeness (QED) is 0.515. The molecule has 0 aliphatic carbocycles. The van der Waals surface area contributed by atoms with Gasteiger partial charge in [0.25, 0.3) is 5.91 Å². The Morgan fingerprint density at radius 1 is 0.867 bits per heavy atom. The van der Waals surface area contributed by atoms with E-state index in [0.717, 1.165) is 27.6 Å². The van der Waals surface area contributed by atoms with E-state index in [2.05, 4.69) is 10.3 Å². The Balaban J connectivity index is 1.59. The number of aryl methyl sites for hydroxylation is 1. The smallest absolute Gasteiger partial charge is 0.256 e. The van der Waals surface area contributed by atoms with E-state index in [1.807, 2.05) is 49.4 Å². The van der Waals surface area contributed by atoms with Crippen molar-refractivity contribution in [2.24, 2.45) is 0 Å². The second-order valence-electron chi connectivity index (χ2n) is 7.22. The number of amides is 1. The van der Waals surface area contributed by atoms with E-state index in [-0.39, 0.29) is 5.91 Å². The molecule has 0 saturated carbocycles. The molecule has 3 aromatic carbocycles. The van der Waals surface area contributed by atoms with Gasteiger partial charge in [-0.25, -0.2) is 13.4 Å². The largest absolute Gasteiger partial charge is 0.307 e. The zero-order valence-corrected chi connectivity index (χ0v) is 17.4. The molecule has 5 nitrogen and oxygen atoms in total. The van der Waals surface area contributed by atoms with Crippen molar-refractivity contribution in [3.8, 4) is 11.1 Å². The Morgan fingerprint density at radius 2 is 1.60 bits per heavy atom. The highest BCUT2D eigenvalue weighted by molar-refractivity contribution is 7.90. The third kappa shape index (κ3) is 4.23. The van der Waals surface area contributed by atoms with Gasteiger partial charge in [0.2, 0.25) is 0 Å². The van der Waals surface area contributed by atoms with Gasteiger partial charge in [0, 0.05) is 17.2 Å². The van der Waals surface area contributed by atoms with Crippen molar-refractivity contribution < 1.29 is 13.2 Å². The SMILES string of the molecule is Cc1cccc(C(=O)Nc2ccc3cc(-c4ccc(S(C)(=O)=O)cc4)ccc3n2)c1. The van der Waals surface area contributed by atoms with Gasteiger partial charge in [-0.05, 0) is 66.6 Å². The molecule has 0 saturated heterocycles. The number of nitrogens with one attached hydrogen (secondary N) is 1. The Morgan fingerprint density at radius 3 is 2.30 bits per heavy atom. The Bertz CT molecular complexity index is 1360. The average molecular weight is 417 g/mol. The fourth-order valence-corrected chi connectivity index (χ4v) is 3.87. The molecule has 1 amide bonds. The summed E-state index contributed by atoms with van der Waals surface area (Å²) >= 11 is 0. The van der Waals surface area contributed by atoms with Gasteiger partial charge < -0.3 is 5.32 Å². The second kappa shape index (κ2) is 7.72. The van der Waals surface area contributed by atoms with E-state index in [0.29, 0.717) is 16.3 Å². The van der Waals surface area contributed by atoms with Gasteiger partial charge >= 0.3 is 0 Å². The lowest BCUT2D eigenvalue weighted by Gasteiger charge is -2.08. The normalized spacial score (nSPS) is 11.4. The van der Waals surface area contributed by atoms with E-state index >= 15 is 0 Å². The van der Waals surface area contributed by atoms with Crippen molar-refractivity contribution >= 4 is 32.5 Å². The monoisotopic (exact) mass is 416 g/mol. The molecule has 150 valence electrons. The third-order valence-electron chi connectivity index (χ3n) is 4.83. The number of benzene rings is 3. The van der Waals surface area contributed by atoms with Crippen molar-refractivity contribution in [1.82, 2.24) is 4.98 Å². The van der Waals surface area contributed by atoms with Crippen molar-refractivity contribution in [1.29, 1.82) is 0 Å². The maximum atomic E-state index is 12.4. The van der Waals surface area contributed by atoms with E-state index < -0.39 is 9.84 Å². The van der Waals surface area contributed by atoms with Crippen LogP contribution in [0.4, 0.5) is 5.82 Å². The predicted octanol–water partition coefficient (Wildman–Crippen LogP) is 4.87. The second-order valence-corrected chi connectivity index (χ2v) is 9.24. The van der Waals surface area contributed by atoms with Gasteiger partial charge in [0.05, 0.1) is 10.4 Å². The van der Waals surface area contributed by atoms with Crippen molar-refractivity contribution in [2.75, 3.05) is 11.6 Å². The number of carbonyl (C=O) groups excluding carboxylic acids is 1. The van der Waals surface area contributed by atoms with Gasteiger partial charge in [-0.15, -0.1) is 0 Å². The summed E-state index contributed by atoms with van der Waals surface area (Å²) in [5, 5.41) is 3.76. The molecule has 0 unspecified atom stereocenters. The molecule has 30 heavy (non-hydrogen) atoms. The molecule has 0 radical (unpaired) electrons. The highest BCUT2D eigenvalue weighted by Gasteiger charge is 2.09. The van der Waals surface area contributed by atoms with Crippen LogP contribution in [0.2, 0.25) is 0 Å². The summed E-state index contributed by atoms with van der Waals surface area (Å²) in [4.78, 5) is 17.3. The summed E-state index contributed by atoms with van der Waals surface area (Å²) < 4.78 is 23.3. The number of nitrogens with zero attached hydrogens (tertiary/aromatic N) is 1. The molecule has 0 aliphatic rings. The number of hydrogen-bond acceptors (Lipinski definition) is 4. The molecule has 0 spiro atoms. The van der Waals surface area contributed by atoms with Crippen LogP contribution >= 0.6 is 0 Å². The van der Waals surface area contributed by atoms with Crippen LogP contribution in [-0.4, -0.2) is 25.6 Å². The summed E-state index contributed by atoms with van der Waals surface area (Å²) in [6.07, 6.45) is 1.19. The lowest BCUT2D eigenvalue weighted by atomic mass is 10.0. The molecule has 1 N–H and O–H groups in total. The summed E-state index contributed by atoms with van der Waals surface area (Å²) in [5.41, 5.74) is 4.24. The minimum absolute atomic E-state index is 0.201. The average Bonchev–Trinajstić information content (AvgIpc) is 2.73. The maximum Gasteiger partial charge on any atom is 0.256 e. The van der Waals surface area contributed by atoms with Gasteiger partial charge in [0.15, 0.2) is 9.84 Å². The van der Waals surface area contributed by atoms with Crippen LogP contribution in [0.1, 0.15) is 15.9 Å². The fourth-order valence-electron chi connectivity index (χ4n) is 3.24. The van der Waals surface area contributed by atoms with Crippen molar-refractivity contribution in [2.45, 2.75) is 11.8 Å². The molecule has 1 aromatic heterocycles. The minimum atomic E-state index is -3.22. The number of aromatic nitrogens is 1. The third-order valence-corrected chi connectivity index (χ3v) is 5.96. The van der Waals surface area contributed by atoms with Gasteiger partial charge in [-0.3, -0.25) is 4.79 Å². The molecule has 0 bridgehead atoms. The fraction of sp³-hybridized carbons (Fsp3) is 0.0833. The number of anilines is 1. The van der Waals surface area contributed by atoms with Crippen molar-refractivity contribution in [3.63, 3.8) is 0 Å². The van der Waals surface area contributed by atoms with E-state index in [1.165, 1.54) is 6.26 Å². The number of sulfone groups is 1. The number of pyridine rings is 1. The first kappa shape index (κ1) is 19.8. The van der Waals surface area contributed by atoms with Crippen LogP contribution in [-0.2, 0) is 9.84 Å². The van der Waals surface area contributed by atoms with Gasteiger partial charge in [0.1, 0.15) is 5.82 Å². The minimum Gasteiger partial charge on any atom is -0.307 e. The molecule has 6 heteroatoms. The van der Waals surface area contributed by atoms with Crippen LogP contribution in [0.3, 0.4) is 0 Å². The number of fused-ring (bicyclic) bond motifs is 1. The van der Waals surface area contributed by atoms with Crippen LogP contribution < -0.4 is 5.32 Å². The highest BCUT2D eigenvalue weighted by atomic mass is 32.2. The molecule has 1 heterocycles. The molecular weight excluding hydrogens is 396 g/mol. The van der Waals surface area contributed by atoms with Gasteiger partial charge in [-0.1, -0.05) is 35.9 Å². The first-order chi connectivity index (χ1) is 14.3. The van der Waals surface area contributed by atoms with Crippen LogP contribution in [0, 0.1) is 6.92 Å². The van der Waals surface area contributed by atoms with Crippen molar-refractivity contribution in [3.05, 3.63) is 90.0 Å². The first-order valence-electron chi connectivity index (χ1n) is 9.39. The molecular formula is C24H20N2O3S. The topological polar surface area (TPSA) is 76.1 Å². The van der Waals surface area contributed by atoms with Crippen LogP contribution in [0.5, 0.6) is 0 Å². The van der Waals surface area contributed by atoms with Crippen LogP contribution in [0.15, 0.2) is 83.8 Å². The number of carbonyl (C=O) groups is 1. The predicted molar refractivity (Wildman–Crippen MR) is 119 cm³/mol. The molecule has 0 atom stereocenters. The summed E-state index contributed by atoms with van der Waals surface area (Å²) in [5.74, 6) is 0.285. The molecule has 0 aliphatic heterocycles. The lowest BCUT2D eigenvalue weighted by molar-refractivity contribution is 0.102. The number of rotatable bonds is 4. The molecule has 0 fully saturated rings. The number of hydrogen-bond donors (Lipinski definition) is 1. The maximum absolute atomic E-state index is 12.4. The van der Waals surface area contributed by atoms with E-state index in [9.17, 15) is 13.2 Å². The van der Waals surface area contributed by atoms with Crippen LogP contribution in [0.25, 0.3) is 22.0 Å². The summed E-state index contributed by atoms with van der Waals surface area (Å²) in [6, 6.07) is 23.7. The van der Waals surface area contributed by atoms with E-state index in [1.54, 1.807) is 36.4 Å².